The molecule has 0 unspecified atom stereocenters. The maximum atomic E-state index is 13.4. The van der Waals surface area contributed by atoms with Gasteiger partial charge in [0.1, 0.15) is 11.6 Å². The van der Waals surface area contributed by atoms with Gasteiger partial charge in [0, 0.05) is 16.9 Å². The van der Waals surface area contributed by atoms with Crippen molar-refractivity contribution in [3.8, 4) is 11.4 Å². The Bertz CT molecular complexity index is 903. The largest absolute Gasteiger partial charge is 0.212 e. The zero-order valence-electron chi connectivity index (χ0n) is 11.8. The first kappa shape index (κ1) is 14.1. The van der Waals surface area contributed by atoms with Gasteiger partial charge in [-0.3, -0.25) is 0 Å². The van der Waals surface area contributed by atoms with Gasteiger partial charge in [-0.25, -0.2) is 8.78 Å². The second-order valence-electron chi connectivity index (χ2n) is 4.97. The summed E-state index contributed by atoms with van der Waals surface area (Å²) in [7, 11) is 0. The Labute approximate surface area is 134 Å². The van der Waals surface area contributed by atoms with Crippen LogP contribution in [0.15, 0.2) is 58.8 Å². The maximum absolute atomic E-state index is 13.4. The van der Waals surface area contributed by atoms with Gasteiger partial charge in [-0.15, -0.1) is 10.2 Å². The lowest BCUT2D eigenvalue weighted by Crippen LogP contribution is -2.14. The van der Waals surface area contributed by atoms with Crippen molar-refractivity contribution in [1.29, 1.82) is 0 Å². The molecule has 2 heterocycles. The van der Waals surface area contributed by atoms with Crippen LogP contribution >= 0.6 is 11.8 Å². The van der Waals surface area contributed by atoms with Gasteiger partial charge in [-0.05, 0) is 36.4 Å². The average molecular weight is 328 g/mol. The van der Waals surface area contributed by atoms with Gasteiger partial charge in [-0.1, -0.05) is 23.9 Å². The van der Waals surface area contributed by atoms with Crippen LogP contribution in [0.3, 0.4) is 0 Å². The summed E-state index contributed by atoms with van der Waals surface area (Å²) in [6.07, 6.45) is 0. The molecule has 0 atom stereocenters. The fourth-order valence-corrected chi connectivity index (χ4v) is 3.15. The smallest absolute Gasteiger partial charge is 0.207 e. The summed E-state index contributed by atoms with van der Waals surface area (Å²) in [5, 5.41) is 13.4. The Morgan fingerprint density at radius 1 is 0.913 bits per heavy atom. The molecule has 0 radical (unpaired) electrons. The minimum atomic E-state index is -0.314. The summed E-state index contributed by atoms with van der Waals surface area (Å²) in [5.74, 6) is 0.500. The van der Waals surface area contributed by atoms with Crippen molar-refractivity contribution >= 4 is 17.5 Å². The molecule has 0 N–H and O–H groups in total. The molecular weight excluding hydrogens is 318 g/mol. The van der Waals surface area contributed by atoms with E-state index >= 15 is 0 Å². The Balaban J connectivity index is 1.79. The van der Waals surface area contributed by atoms with Crippen LogP contribution in [0.2, 0.25) is 0 Å². The standard InChI is InChI=1S/C16H10F2N4S/c17-12-6-4-10(5-7-12)15-19-20-16-22(15)21-14(9-23-16)11-2-1-3-13(18)8-11/h1-8H,9H2. The van der Waals surface area contributed by atoms with Crippen LogP contribution in [0.5, 0.6) is 0 Å². The van der Waals surface area contributed by atoms with Gasteiger partial charge in [0.25, 0.3) is 0 Å². The van der Waals surface area contributed by atoms with Crippen molar-refractivity contribution in [3.63, 3.8) is 0 Å². The summed E-state index contributed by atoms with van der Waals surface area (Å²) in [5.41, 5.74) is 2.18. The molecule has 4 nitrogen and oxygen atoms in total. The zero-order valence-corrected chi connectivity index (χ0v) is 12.6. The minimum absolute atomic E-state index is 0.302. The normalized spacial score (nSPS) is 13.6. The molecule has 0 amide bonds. The Kier molecular flexibility index (Phi) is 3.42. The number of benzene rings is 2. The van der Waals surface area contributed by atoms with Crippen LogP contribution in [0.25, 0.3) is 11.4 Å². The molecule has 0 bridgehead atoms. The highest BCUT2D eigenvalue weighted by molar-refractivity contribution is 7.99. The van der Waals surface area contributed by atoms with E-state index in [1.54, 1.807) is 22.9 Å². The highest BCUT2D eigenvalue weighted by atomic mass is 32.2. The van der Waals surface area contributed by atoms with E-state index in [0.29, 0.717) is 16.7 Å². The van der Waals surface area contributed by atoms with Crippen LogP contribution in [0.1, 0.15) is 5.56 Å². The van der Waals surface area contributed by atoms with E-state index in [4.69, 9.17) is 0 Å². The molecule has 2 aromatic carbocycles. The van der Waals surface area contributed by atoms with E-state index < -0.39 is 0 Å². The summed E-state index contributed by atoms with van der Waals surface area (Å²) in [6, 6.07) is 12.3. The molecule has 1 aliphatic heterocycles. The number of halogens is 2. The number of nitrogens with zero attached hydrogens (tertiary/aromatic N) is 4. The number of rotatable bonds is 2. The van der Waals surface area contributed by atoms with E-state index in [1.807, 2.05) is 6.07 Å². The third-order valence-electron chi connectivity index (χ3n) is 3.43. The van der Waals surface area contributed by atoms with Crippen molar-refractivity contribution in [1.82, 2.24) is 14.9 Å². The van der Waals surface area contributed by atoms with Crippen molar-refractivity contribution in [3.05, 3.63) is 65.7 Å². The van der Waals surface area contributed by atoms with E-state index in [9.17, 15) is 8.78 Å². The maximum Gasteiger partial charge on any atom is 0.212 e. The summed E-state index contributed by atoms with van der Waals surface area (Å²) in [4.78, 5) is 0. The summed E-state index contributed by atoms with van der Waals surface area (Å²) >= 11 is 1.48. The SMILES string of the molecule is Fc1ccc(-c2nnc3n2N=C(c2cccc(F)c2)CS3)cc1. The van der Waals surface area contributed by atoms with E-state index in [0.717, 1.165) is 16.8 Å². The van der Waals surface area contributed by atoms with E-state index in [1.165, 1.54) is 36.0 Å². The third kappa shape index (κ3) is 2.63. The Morgan fingerprint density at radius 2 is 1.74 bits per heavy atom. The molecule has 0 saturated heterocycles. The first-order valence-electron chi connectivity index (χ1n) is 6.89. The van der Waals surface area contributed by atoms with E-state index in [2.05, 4.69) is 15.3 Å². The third-order valence-corrected chi connectivity index (χ3v) is 4.36. The molecule has 1 aliphatic rings. The highest BCUT2D eigenvalue weighted by Crippen LogP contribution is 2.28. The van der Waals surface area contributed by atoms with Crippen LogP contribution in [0.4, 0.5) is 8.78 Å². The monoisotopic (exact) mass is 328 g/mol. The molecule has 7 heteroatoms. The Hall–Kier alpha value is -2.54. The van der Waals surface area contributed by atoms with Crippen LogP contribution in [-0.2, 0) is 0 Å². The highest BCUT2D eigenvalue weighted by Gasteiger charge is 2.20. The second-order valence-corrected chi connectivity index (χ2v) is 5.91. The molecule has 0 spiro atoms. The predicted octanol–water partition coefficient (Wildman–Crippen LogP) is 3.58. The molecule has 23 heavy (non-hydrogen) atoms. The lowest BCUT2D eigenvalue weighted by Gasteiger charge is -2.14. The van der Waals surface area contributed by atoms with Crippen LogP contribution in [-0.4, -0.2) is 26.3 Å². The number of fused-ring (bicyclic) bond motifs is 1. The van der Waals surface area contributed by atoms with Crippen molar-refractivity contribution in [2.75, 3.05) is 5.75 Å². The van der Waals surface area contributed by atoms with Crippen LogP contribution < -0.4 is 0 Å². The lowest BCUT2D eigenvalue weighted by molar-refractivity contribution is 0.627. The molecule has 3 aromatic rings. The van der Waals surface area contributed by atoms with Gasteiger partial charge in [0.05, 0.1) is 5.71 Å². The second kappa shape index (κ2) is 5.58. The van der Waals surface area contributed by atoms with Gasteiger partial charge >= 0.3 is 0 Å². The number of thioether (sulfide) groups is 1. The molecular formula is C16H10F2N4S. The molecule has 1 aromatic heterocycles. The zero-order chi connectivity index (χ0) is 15.8. The summed E-state index contributed by atoms with van der Waals surface area (Å²) < 4.78 is 28.1. The van der Waals surface area contributed by atoms with Gasteiger partial charge in [0.15, 0.2) is 5.82 Å². The van der Waals surface area contributed by atoms with Crippen molar-refractivity contribution in [2.24, 2.45) is 5.10 Å². The van der Waals surface area contributed by atoms with Crippen molar-refractivity contribution in [2.45, 2.75) is 5.16 Å². The first-order chi connectivity index (χ1) is 11.2. The van der Waals surface area contributed by atoms with Gasteiger partial charge in [-0.2, -0.15) is 9.78 Å². The Morgan fingerprint density at radius 3 is 2.52 bits per heavy atom. The van der Waals surface area contributed by atoms with E-state index in [-0.39, 0.29) is 11.6 Å². The van der Waals surface area contributed by atoms with Crippen LogP contribution in [0, 0.1) is 11.6 Å². The fourth-order valence-electron chi connectivity index (χ4n) is 2.32. The lowest BCUT2D eigenvalue weighted by atomic mass is 10.1. The predicted molar refractivity (Wildman–Crippen MR) is 84.5 cm³/mol. The first-order valence-corrected chi connectivity index (χ1v) is 7.87. The number of hydrogen-bond donors (Lipinski definition) is 0. The molecule has 4 rings (SSSR count). The molecule has 0 aliphatic carbocycles. The van der Waals surface area contributed by atoms with Crippen molar-refractivity contribution < 1.29 is 8.78 Å². The minimum Gasteiger partial charge on any atom is -0.207 e. The molecule has 0 fully saturated rings. The number of aromatic nitrogens is 3. The number of hydrogen-bond acceptors (Lipinski definition) is 4. The van der Waals surface area contributed by atoms with Gasteiger partial charge in [0.2, 0.25) is 5.16 Å². The average Bonchev–Trinajstić information content (AvgIpc) is 2.99. The quantitative estimate of drug-likeness (QED) is 0.722. The molecule has 114 valence electrons. The summed E-state index contributed by atoms with van der Waals surface area (Å²) in [6.45, 7) is 0. The topological polar surface area (TPSA) is 43.1 Å². The van der Waals surface area contributed by atoms with Gasteiger partial charge < -0.3 is 0 Å². The fraction of sp³-hybridized carbons (Fsp3) is 0.0625. The molecule has 0 saturated carbocycles.